The van der Waals surface area contributed by atoms with Gasteiger partial charge >= 0.3 is 5.97 Å². The number of hydrogen-bond donors (Lipinski definition) is 4. The molecule has 116 valence electrons. The number of carboxylic acids is 1. The SMILES string of the molecule is CCC(CCNC(=O)c1cc(O)cc(O)c1)CCC(=O)O. The average molecular weight is 295 g/mol. The van der Waals surface area contributed by atoms with E-state index in [1.165, 1.54) is 12.1 Å². The fourth-order valence-corrected chi connectivity index (χ4v) is 2.10. The Morgan fingerprint density at radius 2 is 1.76 bits per heavy atom. The summed E-state index contributed by atoms with van der Waals surface area (Å²) in [5.41, 5.74) is 0.186. The number of aliphatic carboxylic acids is 1. The smallest absolute Gasteiger partial charge is 0.303 e. The van der Waals surface area contributed by atoms with Crippen LogP contribution >= 0.6 is 0 Å². The monoisotopic (exact) mass is 295 g/mol. The van der Waals surface area contributed by atoms with Crippen molar-refractivity contribution in [2.45, 2.75) is 32.6 Å². The van der Waals surface area contributed by atoms with Gasteiger partial charge in [-0.25, -0.2) is 0 Å². The highest BCUT2D eigenvalue weighted by Crippen LogP contribution is 2.20. The molecule has 0 spiro atoms. The van der Waals surface area contributed by atoms with Gasteiger partial charge < -0.3 is 20.6 Å². The number of nitrogens with one attached hydrogen (secondary N) is 1. The first-order valence-corrected chi connectivity index (χ1v) is 6.95. The Kier molecular flexibility index (Phi) is 6.52. The van der Waals surface area contributed by atoms with Crippen molar-refractivity contribution in [3.8, 4) is 11.5 Å². The van der Waals surface area contributed by atoms with Gasteiger partial charge in [-0.2, -0.15) is 0 Å². The van der Waals surface area contributed by atoms with E-state index in [1.807, 2.05) is 6.92 Å². The number of carboxylic acid groups (broad SMARTS) is 1. The van der Waals surface area contributed by atoms with E-state index in [4.69, 9.17) is 5.11 Å². The quantitative estimate of drug-likeness (QED) is 0.587. The molecule has 0 fully saturated rings. The lowest BCUT2D eigenvalue weighted by molar-refractivity contribution is -0.137. The molecule has 1 unspecified atom stereocenters. The summed E-state index contributed by atoms with van der Waals surface area (Å²) in [5, 5.41) is 30.0. The van der Waals surface area contributed by atoms with Crippen LogP contribution in [0.4, 0.5) is 0 Å². The van der Waals surface area contributed by atoms with Gasteiger partial charge in [-0.15, -0.1) is 0 Å². The number of phenols is 2. The number of phenolic OH excluding ortho intramolecular Hbond substituents is 2. The Hall–Kier alpha value is -2.24. The summed E-state index contributed by atoms with van der Waals surface area (Å²) < 4.78 is 0. The Labute approximate surface area is 123 Å². The third kappa shape index (κ3) is 6.16. The molecule has 0 radical (unpaired) electrons. The van der Waals surface area contributed by atoms with Crippen LogP contribution in [0.25, 0.3) is 0 Å². The van der Waals surface area contributed by atoms with Gasteiger partial charge in [0.25, 0.3) is 5.91 Å². The molecule has 0 heterocycles. The average Bonchev–Trinajstić information content (AvgIpc) is 2.41. The largest absolute Gasteiger partial charge is 0.508 e. The summed E-state index contributed by atoms with van der Waals surface area (Å²) >= 11 is 0. The summed E-state index contributed by atoms with van der Waals surface area (Å²) in [4.78, 5) is 22.4. The molecule has 4 N–H and O–H groups in total. The molecule has 0 aliphatic heterocycles. The predicted octanol–water partition coefficient (Wildman–Crippen LogP) is 2.11. The zero-order valence-electron chi connectivity index (χ0n) is 12.0. The van der Waals surface area contributed by atoms with Crippen LogP contribution in [0.15, 0.2) is 18.2 Å². The first kappa shape index (κ1) is 16.8. The fourth-order valence-electron chi connectivity index (χ4n) is 2.10. The van der Waals surface area contributed by atoms with E-state index >= 15 is 0 Å². The van der Waals surface area contributed by atoms with Crippen LogP contribution in [0.5, 0.6) is 11.5 Å². The van der Waals surface area contributed by atoms with Crippen molar-refractivity contribution >= 4 is 11.9 Å². The zero-order valence-corrected chi connectivity index (χ0v) is 12.0. The van der Waals surface area contributed by atoms with E-state index < -0.39 is 5.97 Å². The van der Waals surface area contributed by atoms with Crippen molar-refractivity contribution in [2.24, 2.45) is 5.92 Å². The molecule has 1 amide bonds. The topological polar surface area (TPSA) is 107 Å². The normalized spacial score (nSPS) is 11.9. The molecule has 6 heteroatoms. The standard InChI is InChI=1S/C15H21NO5/c1-2-10(3-4-14(19)20)5-6-16-15(21)11-7-12(17)9-13(18)8-11/h7-10,17-18H,2-6H2,1H3,(H,16,21)(H,19,20). The molecule has 1 atom stereocenters. The van der Waals surface area contributed by atoms with Gasteiger partial charge in [0.15, 0.2) is 0 Å². The van der Waals surface area contributed by atoms with Gasteiger partial charge in [0.05, 0.1) is 0 Å². The van der Waals surface area contributed by atoms with Gasteiger partial charge in [0.1, 0.15) is 11.5 Å². The van der Waals surface area contributed by atoms with E-state index in [9.17, 15) is 19.8 Å². The molecule has 1 aromatic carbocycles. The number of aromatic hydroxyl groups is 2. The van der Waals surface area contributed by atoms with Crippen LogP contribution in [-0.4, -0.2) is 33.7 Å². The maximum Gasteiger partial charge on any atom is 0.303 e. The van der Waals surface area contributed by atoms with Crippen LogP contribution in [-0.2, 0) is 4.79 Å². The molecule has 0 aliphatic carbocycles. The Morgan fingerprint density at radius 3 is 2.29 bits per heavy atom. The van der Waals surface area contributed by atoms with Crippen molar-refractivity contribution in [1.82, 2.24) is 5.32 Å². The van der Waals surface area contributed by atoms with Crippen molar-refractivity contribution in [3.63, 3.8) is 0 Å². The third-order valence-corrected chi connectivity index (χ3v) is 3.35. The molecular weight excluding hydrogens is 274 g/mol. The van der Waals surface area contributed by atoms with Crippen LogP contribution in [0.1, 0.15) is 43.0 Å². The van der Waals surface area contributed by atoms with Crippen molar-refractivity contribution < 1.29 is 24.9 Å². The molecule has 0 saturated carbocycles. The van der Waals surface area contributed by atoms with E-state index in [1.54, 1.807) is 0 Å². The molecule has 0 bridgehead atoms. The lowest BCUT2D eigenvalue weighted by atomic mass is 9.96. The summed E-state index contributed by atoms with van der Waals surface area (Å²) in [6.45, 7) is 2.41. The highest BCUT2D eigenvalue weighted by molar-refractivity contribution is 5.95. The van der Waals surface area contributed by atoms with Crippen molar-refractivity contribution in [2.75, 3.05) is 6.54 Å². The number of hydrogen-bond acceptors (Lipinski definition) is 4. The molecule has 1 aromatic rings. The van der Waals surface area contributed by atoms with Crippen LogP contribution in [0, 0.1) is 5.92 Å². The second kappa shape index (κ2) is 8.14. The molecule has 0 aromatic heterocycles. The molecule has 21 heavy (non-hydrogen) atoms. The van der Waals surface area contributed by atoms with E-state index in [0.717, 1.165) is 12.5 Å². The van der Waals surface area contributed by atoms with Crippen LogP contribution < -0.4 is 5.32 Å². The molecule has 0 saturated heterocycles. The maximum absolute atomic E-state index is 11.9. The second-order valence-electron chi connectivity index (χ2n) is 4.99. The first-order valence-electron chi connectivity index (χ1n) is 6.95. The van der Waals surface area contributed by atoms with Gasteiger partial charge in [0.2, 0.25) is 0 Å². The Morgan fingerprint density at radius 1 is 1.14 bits per heavy atom. The molecule has 0 aliphatic rings. The highest BCUT2D eigenvalue weighted by atomic mass is 16.4. The van der Waals surface area contributed by atoms with Gasteiger partial charge in [0, 0.05) is 24.6 Å². The van der Waals surface area contributed by atoms with Crippen LogP contribution in [0.3, 0.4) is 0 Å². The number of benzene rings is 1. The molecule has 1 rings (SSSR count). The van der Waals surface area contributed by atoms with E-state index in [-0.39, 0.29) is 35.3 Å². The van der Waals surface area contributed by atoms with Crippen molar-refractivity contribution in [3.05, 3.63) is 23.8 Å². The lowest BCUT2D eigenvalue weighted by Gasteiger charge is -2.14. The summed E-state index contributed by atoms with van der Waals surface area (Å²) in [6.07, 6.45) is 2.28. The fraction of sp³-hybridized carbons (Fsp3) is 0.467. The third-order valence-electron chi connectivity index (χ3n) is 3.35. The minimum absolute atomic E-state index is 0.132. The van der Waals surface area contributed by atoms with Crippen LogP contribution in [0.2, 0.25) is 0 Å². The van der Waals surface area contributed by atoms with Gasteiger partial charge in [-0.05, 0) is 30.9 Å². The first-order chi connectivity index (χ1) is 9.92. The highest BCUT2D eigenvalue weighted by Gasteiger charge is 2.11. The number of rotatable bonds is 8. The number of carbonyl (C=O) groups excluding carboxylic acids is 1. The van der Waals surface area contributed by atoms with Crippen molar-refractivity contribution in [1.29, 1.82) is 0 Å². The molecule has 6 nitrogen and oxygen atoms in total. The van der Waals surface area contributed by atoms with E-state index in [0.29, 0.717) is 19.4 Å². The van der Waals surface area contributed by atoms with Gasteiger partial charge in [-0.3, -0.25) is 9.59 Å². The lowest BCUT2D eigenvalue weighted by Crippen LogP contribution is -2.26. The molecular formula is C15H21NO5. The number of carbonyl (C=O) groups is 2. The second-order valence-corrected chi connectivity index (χ2v) is 4.99. The summed E-state index contributed by atoms with van der Waals surface area (Å²) in [5.74, 6) is -1.29. The predicted molar refractivity (Wildman–Crippen MR) is 77.4 cm³/mol. The summed E-state index contributed by atoms with van der Waals surface area (Å²) in [6, 6.07) is 3.70. The van der Waals surface area contributed by atoms with E-state index in [2.05, 4.69) is 5.32 Å². The minimum atomic E-state index is -0.812. The zero-order chi connectivity index (χ0) is 15.8. The Bertz CT molecular complexity index is 481. The Balaban J connectivity index is 2.43. The van der Waals surface area contributed by atoms with Gasteiger partial charge in [-0.1, -0.05) is 13.3 Å². The number of amides is 1. The summed E-state index contributed by atoms with van der Waals surface area (Å²) in [7, 11) is 0. The maximum atomic E-state index is 11.9. The minimum Gasteiger partial charge on any atom is -0.508 e.